The fourth-order valence-corrected chi connectivity index (χ4v) is 5.21. The summed E-state index contributed by atoms with van der Waals surface area (Å²) in [6, 6.07) is 11.1. The van der Waals surface area contributed by atoms with Crippen molar-refractivity contribution in [2.75, 3.05) is 5.32 Å². The number of hydrogen-bond acceptors (Lipinski definition) is 6. The highest BCUT2D eigenvalue weighted by molar-refractivity contribution is 7.60. The molecule has 2 aromatic carbocycles. The molecule has 0 fully saturated rings. The minimum atomic E-state index is -4.35. The SMILES string of the molecule is CCn1nc(C)cc1C(=O)Nc1nc2cc(C(N)=O)c3oc(C)cc3c2n1CCc1ccc(P(=O)(O)O)cc1. The van der Waals surface area contributed by atoms with Gasteiger partial charge in [0.2, 0.25) is 5.95 Å². The van der Waals surface area contributed by atoms with E-state index in [9.17, 15) is 23.9 Å². The van der Waals surface area contributed by atoms with Gasteiger partial charge in [-0.05, 0) is 63.1 Å². The zero-order valence-electron chi connectivity index (χ0n) is 21.5. The summed E-state index contributed by atoms with van der Waals surface area (Å²) in [5.74, 6) is -0.225. The molecule has 5 aromatic rings. The Morgan fingerprint density at radius 2 is 1.85 bits per heavy atom. The van der Waals surface area contributed by atoms with Crippen LogP contribution in [0.25, 0.3) is 22.0 Å². The second-order valence-electron chi connectivity index (χ2n) is 9.24. The van der Waals surface area contributed by atoms with Gasteiger partial charge >= 0.3 is 7.60 Å². The van der Waals surface area contributed by atoms with Crippen LogP contribution in [0.4, 0.5) is 5.95 Å². The van der Waals surface area contributed by atoms with Gasteiger partial charge < -0.3 is 24.5 Å². The molecule has 3 aromatic heterocycles. The quantitative estimate of drug-likeness (QED) is 0.213. The Hall–Kier alpha value is -4.25. The van der Waals surface area contributed by atoms with Crippen LogP contribution in [0, 0.1) is 13.8 Å². The van der Waals surface area contributed by atoms with Crippen LogP contribution in [-0.2, 0) is 24.1 Å². The molecule has 0 saturated carbocycles. The van der Waals surface area contributed by atoms with Gasteiger partial charge in [-0.1, -0.05) is 12.1 Å². The Bertz CT molecular complexity index is 1790. The lowest BCUT2D eigenvalue weighted by atomic mass is 10.1. The number of nitrogens with two attached hydrogens (primary N) is 1. The van der Waals surface area contributed by atoms with E-state index in [1.807, 2.05) is 11.5 Å². The van der Waals surface area contributed by atoms with Crippen molar-refractivity contribution in [2.24, 2.45) is 5.73 Å². The second-order valence-corrected chi connectivity index (χ2v) is 10.8. The van der Waals surface area contributed by atoms with Crippen LogP contribution in [0.15, 0.2) is 46.9 Å². The molecule has 39 heavy (non-hydrogen) atoms. The van der Waals surface area contributed by atoms with Crippen LogP contribution in [-0.4, -0.2) is 40.9 Å². The average molecular weight is 551 g/mol. The van der Waals surface area contributed by atoms with Crippen LogP contribution in [0.2, 0.25) is 0 Å². The van der Waals surface area contributed by atoms with Crippen molar-refractivity contribution in [2.45, 2.75) is 40.3 Å². The zero-order valence-corrected chi connectivity index (χ0v) is 22.4. The first-order chi connectivity index (χ1) is 18.5. The fourth-order valence-electron chi connectivity index (χ4n) is 4.68. The van der Waals surface area contributed by atoms with Crippen LogP contribution in [0.5, 0.6) is 0 Å². The number of amides is 2. The van der Waals surface area contributed by atoms with E-state index < -0.39 is 19.4 Å². The second kappa shape index (κ2) is 9.81. The number of anilines is 1. The Morgan fingerprint density at radius 1 is 1.13 bits per heavy atom. The van der Waals surface area contributed by atoms with Crippen molar-refractivity contribution >= 4 is 52.7 Å². The van der Waals surface area contributed by atoms with Gasteiger partial charge in [0.05, 0.1) is 27.6 Å². The summed E-state index contributed by atoms with van der Waals surface area (Å²) in [5.41, 5.74) is 9.13. The smallest absolute Gasteiger partial charge is 0.356 e. The highest BCUT2D eigenvalue weighted by Crippen LogP contribution is 2.34. The molecule has 0 saturated heterocycles. The number of aromatic nitrogens is 4. The summed E-state index contributed by atoms with van der Waals surface area (Å²) >= 11 is 0. The lowest BCUT2D eigenvalue weighted by Gasteiger charge is -2.12. The van der Waals surface area contributed by atoms with Crippen LogP contribution in [0.3, 0.4) is 0 Å². The Morgan fingerprint density at radius 3 is 2.49 bits per heavy atom. The Kier molecular flexibility index (Phi) is 6.63. The summed E-state index contributed by atoms with van der Waals surface area (Å²) in [6.45, 7) is 6.31. The van der Waals surface area contributed by atoms with Crippen molar-refractivity contribution in [1.82, 2.24) is 19.3 Å². The number of furan rings is 1. The van der Waals surface area contributed by atoms with E-state index in [1.165, 1.54) is 12.1 Å². The predicted molar refractivity (Wildman–Crippen MR) is 145 cm³/mol. The van der Waals surface area contributed by atoms with Crippen LogP contribution in [0.1, 0.15) is 44.8 Å². The van der Waals surface area contributed by atoms with Gasteiger partial charge in [-0.2, -0.15) is 5.10 Å². The number of hydrogen-bond donors (Lipinski definition) is 4. The molecule has 0 aliphatic rings. The molecule has 202 valence electrons. The number of rotatable bonds is 8. The molecule has 0 bridgehead atoms. The Labute approximate surface area is 222 Å². The number of primary amides is 1. The number of nitrogens with one attached hydrogen (secondary N) is 1. The number of imidazole rings is 1. The molecule has 2 amide bonds. The van der Waals surface area contributed by atoms with E-state index in [-0.39, 0.29) is 16.8 Å². The number of carbonyl (C=O) groups excluding carboxylic acids is 2. The number of fused-ring (bicyclic) bond motifs is 3. The third kappa shape index (κ3) is 4.97. The summed E-state index contributed by atoms with van der Waals surface area (Å²) in [5, 5.41) is 7.79. The molecule has 5 rings (SSSR count). The average Bonchev–Trinajstić information content (AvgIpc) is 3.55. The fraction of sp³-hybridized carbons (Fsp3) is 0.231. The molecule has 12 nitrogen and oxygen atoms in total. The molecule has 0 spiro atoms. The van der Waals surface area contributed by atoms with E-state index in [1.54, 1.807) is 48.9 Å². The Balaban J connectivity index is 1.61. The largest absolute Gasteiger partial charge is 0.460 e. The molecular formula is C26H27N6O6P. The van der Waals surface area contributed by atoms with E-state index in [0.29, 0.717) is 58.7 Å². The molecule has 0 unspecified atom stereocenters. The zero-order chi connectivity index (χ0) is 28.1. The van der Waals surface area contributed by atoms with Crippen LogP contribution < -0.4 is 16.4 Å². The lowest BCUT2D eigenvalue weighted by Crippen LogP contribution is -2.20. The van der Waals surface area contributed by atoms with E-state index in [2.05, 4.69) is 15.4 Å². The van der Waals surface area contributed by atoms with E-state index in [4.69, 9.17) is 10.2 Å². The van der Waals surface area contributed by atoms with E-state index >= 15 is 0 Å². The molecular weight excluding hydrogens is 523 g/mol. The highest BCUT2D eigenvalue weighted by Gasteiger charge is 2.23. The summed E-state index contributed by atoms with van der Waals surface area (Å²) in [7, 11) is -4.35. The van der Waals surface area contributed by atoms with Crippen molar-refractivity contribution in [3.8, 4) is 0 Å². The van der Waals surface area contributed by atoms with Gasteiger partial charge in [-0.25, -0.2) is 4.98 Å². The molecule has 0 aliphatic carbocycles. The molecule has 0 atom stereocenters. The van der Waals surface area contributed by atoms with Gasteiger partial charge in [0, 0.05) is 18.5 Å². The number of benzene rings is 2. The van der Waals surface area contributed by atoms with Gasteiger partial charge in [0.25, 0.3) is 11.8 Å². The third-order valence-electron chi connectivity index (χ3n) is 6.45. The third-order valence-corrected chi connectivity index (χ3v) is 7.42. The maximum Gasteiger partial charge on any atom is 0.356 e. The standard InChI is InChI=1S/C26H27N6O6P/c1-4-32-21(11-14(2)30-32)25(34)29-26-28-20-13-19(24(27)33)23-18(12-15(3)38-23)22(20)31(26)10-9-16-5-7-17(8-6-16)39(35,36)37/h5-8,11-13H,4,9-10H2,1-3H3,(H2,27,33)(H,28,29,34)(H2,35,36,37). The predicted octanol–water partition coefficient (Wildman–Crippen LogP) is 3.01. The number of aryl methyl sites for hydroxylation is 5. The topological polar surface area (TPSA) is 178 Å². The molecule has 0 radical (unpaired) electrons. The number of nitrogens with zero attached hydrogens (tertiary/aromatic N) is 4. The molecule has 13 heteroatoms. The molecule has 3 heterocycles. The minimum Gasteiger partial charge on any atom is -0.460 e. The first-order valence-electron chi connectivity index (χ1n) is 12.2. The summed E-state index contributed by atoms with van der Waals surface area (Å²) in [4.78, 5) is 49.0. The summed E-state index contributed by atoms with van der Waals surface area (Å²) in [6.07, 6.45) is 0.456. The molecule has 0 aliphatic heterocycles. The lowest BCUT2D eigenvalue weighted by molar-refractivity contribution is 0.0996. The van der Waals surface area contributed by atoms with Gasteiger partial charge in [0.1, 0.15) is 17.0 Å². The highest BCUT2D eigenvalue weighted by atomic mass is 31.2. The maximum atomic E-state index is 13.3. The van der Waals surface area contributed by atoms with Crippen molar-refractivity contribution in [3.05, 3.63) is 70.7 Å². The van der Waals surface area contributed by atoms with Crippen molar-refractivity contribution < 1.29 is 28.4 Å². The monoisotopic (exact) mass is 550 g/mol. The van der Waals surface area contributed by atoms with Gasteiger partial charge in [-0.15, -0.1) is 0 Å². The minimum absolute atomic E-state index is 0.0651. The first kappa shape index (κ1) is 26.4. The van der Waals surface area contributed by atoms with Crippen molar-refractivity contribution in [1.29, 1.82) is 0 Å². The maximum absolute atomic E-state index is 13.3. The van der Waals surface area contributed by atoms with Crippen LogP contribution >= 0.6 is 7.60 Å². The van der Waals surface area contributed by atoms with Gasteiger partial charge in [-0.3, -0.25) is 24.2 Å². The normalized spacial score (nSPS) is 11.9. The molecule has 5 N–H and O–H groups in total. The van der Waals surface area contributed by atoms with Crippen molar-refractivity contribution in [3.63, 3.8) is 0 Å². The number of carbonyl (C=O) groups is 2. The van der Waals surface area contributed by atoms with E-state index in [0.717, 1.165) is 5.56 Å². The summed E-state index contributed by atoms with van der Waals surface area (Å²) < 4.78 is 20.8. The first-order valence-corrected chi connectivity index (χ1v) is 13.8. The van der Waals surface area contributed by atoms with Gasteiger partial charge in [0.15, 0.2) is 0 Å².